The number of hydrogen-bond donors (Lipinski definition) is 1. The van der Waals surface area contributed by atoms with Gasteiger partial charge in [0.25, 0.3) is 0 Å². The van der Waals surface area contributed by atoms with Crippen LogP contribution in [0.15, 0.2) is 37.1 Å². The van der Waals surface area contributed by atoms with E-state index in [1.165, 1.54) is 6.42 Å². The molecule has 0 radical (unpaired) electrons. The monoisotopic (exact) mass is 314 g/mol. The van der Waals surface area contributed by atoms with Gasteiger partial charge in [0.15, 0.2) is 0 Å². The van der Waals surface area contributed by atoms with Gasteiger partial charge in [-0.3, -0.25) is 19.4 Å². The van der Waals surface area contributed by atoms with E-state index in [-0.39, 0.29) is 5.91 Å². The van der Waals surface area contributed by atoms with Crippen LogP contribution < -0.4 is 5.32 Å². The van der Waals surface area contributed by atoms with Crippen molar-refractivity contribution < 1.29 is 4.79 Å². The lowest BCUT2D eigenvalue weighted by molar-refractivity contribution is -0.122. The molecule has 2 aromatic heterocycles. The third-order valence-electron chi connectivity index (χ3n) is 4.07. The normalized spacial score (nSPS) is 18.7. The van der Waals surface area contributed by atoms with E-state index in [4.69, 9.17) is 0 Å². The number of piperidine rings is 1. The van der Waals surface area contributed by atoms with Gasteiger partial charge in [-0.15, -0.1) is 0 Å². The third kappa shape index (κ3) is 4.85. The average Bonchev–Trinajstić information content (AvgIpc) is 3.07. The topological polar surface area (TPSA) is 75.9 Å². The van der Waals surface area contributed by atoms with Crippen LogP contribution in [0.3, 0.4) is 0 Å². The largest absolute Gasteiger partial charge is 0.349 e. The molecule has 1 saturated heterocycles. The van der Waals surface area contributed by atoms with Crippen LogP contribution >= 0.6 is 0 Å². The molecule has 3 rings (SSSR count). The highest BCUT2D eigenvalue weighted by Gasteiger charge is 2.22. The Morgan fingerprint density at radius 1 is 1.39 bits per heavy atom. The number of aromatic nitrogens is 4. The highest BCUT2D eigenvalue weighted by Crippen LogP contribution is 2.17. The van der Waals surface area contributed by atoms with Crippen LogP contribution in [-0.2, 0) is 17.9 Å². The van der Waals surface area contributed by atoms with Crippen molar-refractivity contribution in [2.45, 2.75) is 25.9 Å². The van der Waals surface area contributed by atoms with Gasteiger partial charge in [0.05, 0.1) is 18.8 Å². The lowest BCUT2D eigenvalue weighted by Crippen LogP contribution is -2.43. The van der Waals surface area contributed by atoms with Crippen LogP contribution in [0.4, 0.5) is 0 Å². The molecule has 0 spiro atoms. The molecule has 1 aliphatic heterocycles. The zero-order valence-electron chi connectivity index (χ0n) is 13.1. The van der Waals surface area contributed by atoms with E-state index in [2.05, 4.69) is 25.3 Å². The van der Waals surface area contributed by atoms with Crippen molar-refractivity contribution >= 4 is 5.91 Å². The molecule has 3 heterocycles. The molecule has 0 saturated carbocycles. The third-order valence-corrected chi connectivity index (χ3v) is 4.07. The number of amides is 1. The van der Waals surface area contributed by atoms with Gasteiger partial charge >= 0.3 is 0 Å². The van der Waals surface area contributed by atoms with Crippen molar-refractivity contribution in [1.82, 2.24) is 30.0 Å². The van der Waals surface area contributed by atoms with Crippen molar-refractivity contribution in [2.24, 2.45) is 5.92 Å². The Hall–Kier alpha value is -2.28. The number of carbonyl (C=O) groups excluding carboxylic acids is 1. The molecule has 1 N–H and O–H groups in total. The quantitative estimate of drug-likeness (QED) is 0.849. The summed E-state index contributed by atoms with van der Waals surface area (Å²) in [6.45, 7) is 3.70. The van der Waals surface area contributed by atoms with E-state index in [1.807, 2.05) is 22.9 Å². The highest BCUT2D eigenvalue weighted by molar-refractivity contribution is 5.77. The van der Waals surface area contributed by atoms with Crippen molar-refractivity contribution in [3.8, 4) is 0 Å². The molecule has 23 heavy (non-hydrogen) atoms. The standard InChI is InChI=1S/C16H22N6O/c23-16(19-8-15-5-1-2-6-18-15)11-21-7-3-4-14(9-21)10-22-13-17-12-20-22/h1-2,5-6,12-14H,3-4,7-11H2,(H,19,23)/t14-/m1/s1. The second kappa shape index (κ2) is 7.82. The highest BCUT2D eigenvalue weighted by atomic mass is 16.2. The van der Waals surface area contributed by atoms with Crippen LogP contribution in [0.5, 0.6) is 0 Å². The van der Waals surface area contributed by atoms with Gasteiger partial charge in [0.1, 0.15) is 12.7 Å². The van der Waals surface area contributed by atoms with Crippen LogP contribution in [0.2, 0.25) is 0 Å². The van der Waals surface area contributed by atoms with E-state index in [9.17, 15) is 4.79 Å². The summed E-state index contributed by atoms with van der Waals surface area (Å²) in [7, 11) is 0. The maximum Gasteiger partial charge on any atom is 0.234 e. The predicted molar refractivity (Wildman–Crippen MR) is 85.3 cm³/mol. The minimum absolute atomic E-state index is 0.0528. The van der Waals surface area contributed by atoms with Crippen molar-refractivity contribution in [1.29, 1.82) is 0 Å². The Kier molecular flexibility index (Phi) is 5.31. The number of likely N-dealkylation sites (tertiary alicyclic amines) is 1. The first-order chi connectivity index (χ1) is 11.3. The second-order valence-electron chi connectivity index (χ2n) is 5.96. The zero-order valence-corrected chi connectivity index (χ0v) is 13.1. The summed E-state index contributed by atoms with van der Waals surface area (Å²) < 4.78 is 1.87. The molecular formula is C16H22N6O. The van der Waals surface area contributed by atoms with Gasteiger partial charge in [-0.25, -0.2) is 4.98 Å². The lowest BCUT2D eigenvalue weighted by atomic mass is 9.98. The number of hydrogen-bond acceptors (Lipinski definition) is 5. The summed E-state index contributed by atoms with van der Waals surface area (Å²) in [5.74, 6) is 0.575. The first kappa shape index (κ1) is 15.6. The summed E-state index contributed by atoms with van der Waals surface area (Å²) in [5.41, 5.74) is 0.878. The minimum Gasteiger partial charge on any atom is -0.349 e. The molecule has 1 aliphatic rings. The molecular weight excluding hydrogens is 292 g/mol. The molecule has 7 heteroatoms. The van der Waals surface area contributed by atoms with Crippen LogP contribution in [0, 0.1) is 5.92 Å². The fourth-order valence-electron chi connectivity index (χ4n) is 2.99. The van der Waals surface area contributed by atoms with E-state index in [0.717, 1.165) is 31.7 Å². The molecule has 0 aromatic carbocycles. The average molecular weight is 314 g/mol. The summed E-state index contributed by atoms with van der Waals surface area (Å²) >= 11 is 0. The predicted octanol–water partition coefficient (Wildman–Crippen LogP) is 0.702. The summed E-state index contributed by atoms with van der Waals surface area (Å²) in [6, 6.07) is 5.71. The Bertz CT molecular complexity index is 600. The first-order valence-electron chi connectivity index (χ1n) is 8.01. The molecule has 7 nitrogen and oxygen atoms in total. The van der Waals surface area contributed by atoms with E-state index >= 15 is 0 Å². The fraction of sp³-hybridized carbons (Fsp3) is 0.500. The number of nitrogens with zero attached hydrogens (tertiary/aromatic N) is 5. The zero-order chi connectivity index (χ0) is 15.9. The molecule has 0 bridgehead atoms. The fourth-order valence-corrected chi connectivity index (χ4v) is 2.99. The molecule has 122 valence electrons. The van der Waals surface area contributed by atoms with Crippen molar-refractivity contribution in [3.05, 3.63) is 42.7 Å². The molecule has 0 unspecified atom stereocenters. The van der Waals surface area contributed by atoms with E-state index in [1.54, 1.807) is 18.9 Å². The molecule has 1 amide bonds. The molecule has 1 atom stereocenters. The van der Waals surface area contributed by atoms with Crippen LogP contribution in [0.25, 0.3) is 0 Å². The second-order valence-corrected chi connectivity index (χ2v) is 5.96. The number of pyridine rings is 1. The maximum atomic E-state index is 12.1. The molecule has 1 fully saturated rings. The van der Waals surface area contributed by atoms with Gasteiger partial charge in [-0.2, -0.15) is 5.10 Å². The van der Waals surface area contributed by atoms with E-state index < -0.39 is 0 Å². The van der Waals surface area contributed by atoms with Gasteiger partial charge in [-0.1, -0.05) is 6.07 Å². The first-order valence-corrected chi connectivity index (χ1v) is 8.01. The maximum absolute atomic E-state index is 12.1. The Labute approximate surface area is 135 Å². The minimum atomic E-state index is 0.0528. The number of nitrogens with one attached hydrogen (secondary N) is 1. The van der Waals surface area contributed by atoms with Gasteiger partial charge in [0, 0.05) is 19.3 Å². The number of carbonyl (C=O) groups is 1. The Morgan fingerprint density at radius 3 is 3.13 bits per heavy atom. The smallest absolute Gasteiger partial charge is 0.234 e. The summed E-state index contributed by atoms with van der Waals surface area (Å²) in [4.78, 5) is 22.5. The van der Waals surface area contributed by atoms with Crippen LogP contribution in [0.1, 0.15) is 18.5 Å². The van der Waals surface area contributed by atoms with Gasteiger partial charge < -0.3 is 5.32 Å². The van der Waals surface area contributed by atoms with E-state index in [0.29, 0.717) is 19.0 Å². The number of rotatable bonds is 6. The Morgan fingerprint density at radius 2 is 2.35 bits per heavy atom. The molecule has 0 aliphatic carbocycles. The van der Waals surface area contributed by atoms with Crippen molar-refractivity contribution in [2.75, 3.05) is 19.6 Å². The van der Waals surface area contributed by atoms with Crippen molar-refractivity contribution in [3.63, 3.8) is 0 Å². The SMILES string of the molecule is O=C(CN1CCC[C@@H](Cn2cncn2)C1)NCc1ccccn1. The summed E-state index contributed by atoms with van der Waals surface area (Å²) in [6.07, 6.45) is 7.34. The van der Waals surface area contributed by atoms with Crippen LogP contribution in [-0.4, -0.2) is 50.2 Å². The van der Waals surface area contributed by atoms with Gasteiger partial charge in [-0.05, 0) is 37.4 Å². The van der Waals surface area contributed by atoms with Gasteiger partial charge in [0.2, 0.25) is 5.91 Å². The summed E-state index contributed by atoms with van der Waals surface area (Å²) in [5, 5.41) is 7.10. The molecule has 2 aromatic rings. The lowest BCUT2D eigenvalue weighted by Gasteiger charge is -2.32. The Balaban J connectivity index is 1.42.